The second-order valence-electron chi connectivity index (χ2n) is 5.28. The molecule has 2 heterocycles. The Labute approximate surface area is 109 Å². The van der Waals surface area contributed by atoms with Crippen molar-refractivity contribution in [2.45, 2.75) is 51.2 Å². The molecule has 0 saturated carbocycles. The lowest BCUT2D eigenvalue weighted by atomic mass is 9.90. The van der Waals surface area contributed by atoms with Crippen molar-refractivity contribution in [3.05, 3.63) is 12.2 Å². The van der Waals surface area contributed by atoms with E-state index in [1.807, 2.05) is 11.7 Å². The van der Waals surface area contributed by atoms with E-state index in [1.165, 1.54) is 0 Å². The van der Waals surface area contributed by atoms with Crippen molar-refractivity contribution in [1.82, 2.24) is 20.1 Å². The van der Waals surface area contributed by atoms with E-state index in [9.17, 15) is 0 Å². The van der Waals surface area contributed by atoms with Crippen molar-refractivity contribution in [2.75, 3.05) is 13.2 Å². The minimum atomic E-state index is -0.0683. The molecule has 2 unspecified atom stereocenters. The summed E-state index contributed by atoms with van der Waals surface area (Å²) in [7, 11) is 1.94. The van der Waals surface area contributed by atoms with Gasteiger partial charge in [-0.15, -0.1) is 0 Å². The van der Waals surface area contributed by atoms with Crippen LogP contribution in [0.5, 0.6) is 0 Å². The summed E-state index contributed by atoms with van der Waals surface area (Å²) in [5, 5.41) is 7.75. The molecule has 0 aromatic carbocycles. The molecule has 5 nitrogen and oxygen atoms in total. The summed E-state index contributed by atoms with van der Waals surface area (Å²) in [5.41, 5.74) is -0.0683. The normalized spacial score (nSPS) is 25.5. The van der Waals surface area contributed by atoms with Crippen LogP contribution in [0.4, 0.5) is 0 Å². The fourth-order valence-corrected chi connectivity index (χ4v) is 2.59. The first-order chi connectivity index (χ1) is 8.65. The molecule has 0 bridgehead atoms. The Morgan fingerprint density at radius 3 is 3.00 bits per heavy atom. The minimum Gasteiger partial charge on any atom is -0.374 e. The molecule has 1 saturated heterocycles. The summed E-state index contributed by atoms with van der Waals surface area (Å²) in [6.07, 6.45) is 5.88. The van der Waals surface area contributed by atoms with E-state index in [0.29, 0.717) is 6.04 Å². The Morgan fingerprint density at radius 1 is 1.61 bits per heavy atom. The van der Waals surface area contributed by atoms with Gasteiger partial charge in [0.1, 0.15) is 12.2 Å². The smallest absolute Gasteiger partial charge is 0.138 e. The van der Waals surface area contributed by atoms with E-state index in [0.717, 1.165) is 44.7 Å². The number of rotatable bonds is 6. The van der Waals surface area contributed by atoms with Crippen LogP contribution in [0.25, 0.3) is 0 Å². The molecule has 0 radical (unpaired) electrons. The van der Waals surface area contributed by atoms with Gasteiger partial charge in [0, 0.05) is 26.1 Å². The standard InChI is InChI=1S/C13H24N4O/c1-4-7-14-11(13(2)6-5-8-18-13)9-12-15-10-16-17(12)3/h10-11,14H,4-9H2,1-3H3. The van der Waals surface area contributed by atoms with Crippen molar-refractivity contribution in [2.24, 2.45) is 7.05 Å². The maximum atomic E-state index is 5.97. The fraction of sp³-hybridized carbons (Fsp3) is 0.846. The number of ether oxygens (including phenoxy) is 1. The zero-order valence-corrected chi connectivity index (χ0v) is 11.6. The Morgan fingerprint density at radius 2 is 2.44 bits per heavy atom. The molecule has 2 atom stereocenters. The molecule has 1 N–H and O–H groups in total. The van der Waals surface area contributed by atoms with Crippen molar-refractivity contribution >= 4 is 0 Å². The van der Waals surface area contributed by atoms with Crippen LogP contribution >= 0.6 is 0 Å². The van der Waals surface area contributed by atoms with Crippen molar-refractivity contribution in [1.29, 1.82) is 0 Å². The number of hydrogen-bond donors (Lipinski definition) is 1. The van der Waals surface area contributed by atoms with Gasteiger partial charge in [-0.05, 0) is 32.7 Å². The first kappa shape index (κ1) is 13.5. The number of aromatic nitrogens is 3. The summed E-state index contributed by atoms with van der Waals surface area (Å²) in [5.74, 6) is 1.01. The topological polar surface area (TPSA) is 52.0 Å². The van der Waals surface area contributed by atoms with Gasteiger partial charge >= 0.3 is 0 Å². The van der Waals surface area contributed by atoms with Crippen LogP contribution in [-0.2, 0) is 18.2 Å². The lowest BCUT2D eigenvalue weighted by molar-refractivity contribution is -0.0121. The first-order valence-corrected chi connectivity index (χ1v) is 6.86. The van der Waals surface area contributed by atoms with Gasteiger partial charge in [-0.25, -0.2) is 4.98 Å². The third-order valence-corrected chi connectivity index (χ3v) is 3.82. The average molecular weight is 252 g/mol. The van der Waals surface area contributed by atoms with Crippen LogP contribution < -0.4 is 5.32 Å². The molecular formula is C13H24N4O. The maximum absolute atomic E-state index is 5.97. The summed E-state index contributed by atoms with van der Waals surface area (Å²) in [4.78, 5) is 4.32. The average Bonchev–Trinajstić information content (AvgIpc) is 2.95. The highest BCUT2D eigenvalue weighted by atomic mass is 16.5. The Hall–Kier alpha value is -0.940. The summed E-state index contributed by atoms with van der Waals surface area (Å²) in [6.45, 7) is 6.29. The Bertz CT molecular complexity index is 371. The molecule has 18 heavy (non-hydrogen) atoms. The molecule has 102 valence electrons. The van der Waals surface area contributed by atoms with Gasteiger partial charge in [-0.2, -0.15) is 5.10 Å². The van der Waals surface area contributed by atoms with E-state index in [2.05, 4.69) is 29.2 Å². The van der Waals surface area contributed by atoms with Crippen molar-refractivity contribution < 1.29 is 4.74 Å². The highest BCUT2D eigenvalue weighted by molar-refractivity contribution is 4.99. The fourth-order valence-electron chi connectivity index (χ4n) is 2.59. The van der Waals surface area contributed by atoms with Gasteiger partial charge in [-0.1, -0.05) is 6.92 Å². The molecule has 1 aromatic heterocycles. The number of aryl methyl sites for hydroxylation is 1. The third kappa shape index (κ3) is 2.90. The van der Waals surface area contributed by atoms with Crippen LogP contribution in [0.3, 0.4) is 0 Å². The van der Waals surface area contributed by atoms with Crippen LogP contribution in [0.15, 0.2) is 6.33 Å². The second kappa shape index (κ2) is 5.80. The monoisotopic (exact) mass is 252 g/mol. The molecule has 5 heteroatoms. The van der Waals surface area contributed by atoms with Gasteiger partial charge < -0.3 is 10.1 Å². The van der Waals surface area contributed by atoms with Crippen molar-refractivity contribution in [3.8, 4) is 0 Å². The predicted octanol–water partition coefficient (Wildman–Crippen LogP) is 1.29. The molecular weight excluding hydrogens is 228 g/mol. The number of nitrogens with zero attached hydrogens (tertiary/aromatic N) is 3. The summed E-state index contributed by atoms with van der Waals surface area (Å²) >= 11 is 0. The van der Waals surface area contributed by atoms with Crippen LogP contribution in [0.2, 0.25) is 0 Å². The van der Waals surface area contributed by atoms with Gasteiger partial charge in [-0.3, -0.25) is 4.68 Å². The van der Waals surface area contributed by atoms with E-state index in [1.54, 1.807) is 6.33 Å². The summed E-state index contributed by atoms with van der Waals surface area (Å²) < 4.78 is 7.81. The highest BCUT2D eigenvalue weighted by Crippen LogP contribution is 2.30. The van der Waals surface area contributed by atoms with E-state index in [-0.39, 0.29) is 5.60 Å². The van der Waals surface area contributed by atoms with Crippen LogP contribution in [-0.4, -0.2) is 39.6 Å². The minimum absolute atomic E-state index is 0.0683. The molecule has 1 aromatic rings. The Balaban J connectivity index is 2.07. The van der Waals surface area contributed by atoms with Crippen molar-refractivity contribution in [3.63, 3.8) is 0 Å². The predicted molar refractivity (Wildman–Crippen MR) is 70.4 cm³/mol. The molecule has 0 spiro atoms. The van der Waals surface area contributed by atoms with Crippen LogP contribution in [0.1, 0.15) is 38.9 Å². The quantitative estimate of drug-likeness (QED) is 0.829. The van der Waals surface area contributed by atoms with E-state index < -0.39 is 0 Å². The van der Waals surface area contributed by atoms with Gasteiger partial charge in [0.2, 0.25) is 0 Å². The molecule has 0 aliphatic carbocycles. The second-order valence-corrected chi connectivity index (χ2v) is 5.28. The SMILES string of the molecule is CCCNC(Cc1ncnn1C)C1(C)CCCO1. The van der Waals surface area contributed by atoms with Gasteiger partial charge in [0.15, 0.2) is 0 Å². The largest absolute Gasteiger partial charge is 0.374 e. The van der Waals surface area contributed by atoms with Gasteiger partial charge in [0.25, 0.3) is 0 Å². The molecule has 1 aliphatic heterocycles. The molecule has 0 amide bonds. The molecule has 1 fully saturated rings. The lowest BCUT2D eigenvalue weighted by Gasteiger charge is -2.34. The van der Waals surface area contributed by atoms with E-state index in [4.69, 9.17) is 4.74 Å². The maximum Gasteiger partial charge on any atom is 0.138 e. The molecule has 1 aliphatic rings. The lowest BCUT2D eigenvalue weighted by Crippen LogP contribution is -2.50. The van der Waals surface area contributed by atoms with Crippen LogP contribution in [0, 0.1) is 0 Å². The van der Waals surface area contributed by atoms with E-state index >= 15 is 0 Å². The number of hydrogen-bond acceptors (Lipinski definition) is 4. The zero-order chi connectivity index (χ0) is 13.0. The molecule has 2 rings (SSSR count). The first-order valence-electron chi connectivity index (χ1n) is 6.86. The summed E-state index contributed by atoms with van der Waals surface area (Å²) in [6, 6.07) is 0.308. The highest BCUT2D eigenvalue weighted by Gasteiger charge is 2.38. The number of nitrogens with one attached hydrogen (secondary N) is 1. The Kier molecular flexibility index (Phi) is 4.35. The third-order valence-electron chi connectivity index (χ3n) is 3.82. The zero-order valence-electron chi connectivity index (χ0n) is 11.6. The van der Waals surface area contributed by atoms with Gasteiger partial charge in [0.05, 0.1) is 5.60 Å².